The van der Waals surface area contributed by atoms with E-state index in [1.165, 1.54) is 25.3 Å². The predicted octanol–water partition coefficient (Wildman–Crippen LogP) is -0.139. The highest BCUT2D eigenvalue weighted by Crippen LogP contribution is 2.25. The molecule has 1 aliphatic rings. The summed E-state index contributed by atoms with van der Waals surface area (Å²) in [6, 6.07) is 0. The summed E-state index contributed by atoms with van der Waals surface area (Å²) in [6.07, 6.45) is 5.97. The van der Waals surface area contributed by atoms with E-state index in [-0.39, 0.29) is 0 Å². The first kappa shape index (κ1) is 10.4. The van der Waals surface area contributed by atoms with Gasteiger partial charge in [0.2, 0.25) is 4.93 Å². The second-order valence-electron chi connectivity index (χ2n) is 2.92. The maximum atomic E-state index is 11.3. The third kappa shape index (κ3) is 1.67. The molecule has 2 atom stereocenters. The van der Waals surface area contributed by atoms with Crippen LogP contribution in [0.3, 0.4) is 0 Å². The Labute approximate surface area is 77.4 Å². The van der Waals surface area contributed by atoms with Gasteiger partial charge in [-0.15, -0.1) is 0 Å². The molecule has 0 bridgehead atoms. The molecule has 0 aromatic heterocycles. The van der Waals surface area contributed by atoms with Gasteiger partial charge in [-0.1, -0.05) is 18.2 Å². The van der Waals surface area contributed by atoms with Gasteiger partial charge in [0, 0.05) is 13.4 Å². The predicted molar refractivity (Wildman–Crippen MR) is 48.9 cm³/mol. The summed E-state index contributed by atoms with van der Waals surface area (Å²) in [4.78, 5) is -1.93. The number of hydrogen-bond donors (Lipinski definition) is 1. The number of hydrogen-bond acceptors (Lipinski definition) is 4. The van der Waals surface area contributed by atoms with E-state index in [0.29, 0.717) is 0 Å². The van der Waals surface area contributed by atoms with Crippen LogP contribution in [-0.2, 0) is 14.6 Å². The Bertz CT molecular complexity index is 341. The van der Waals surface area contributed by atoms with Gasteiger partial charge < -0.3 is 9.84 Å². The average Bonchev–Trinajstić information content (AvgIpc) is 2.03. The van der Waals surface area contributed by atoms with Gasteiger partial charge in [-0.05, 0) is 6.08 Å². The van der Waals surface area contributed by atoms with Gasteiger partial charge in [0.1, 0.15) is 6.10 Å². The van der Waals surface area contributed by atoms with Crippen molar-refractivity contribution in [2.24, 2.45) is 0 Å². The van der Waals surface area contributed by atoms with Gasteiger partial charge in [-0.3, -0.25) is 0 Å². The van der Waals surface area contributed by atoms with Crippen molar-refractivity contribution in [2.75, 3.05) is 13.4 Å². The molecule has 13 heavy (non-hydrogen) atoms. The third-order valence-electron chi connectivity index (χ3n) is 1.99. The van der Waals surface area contributed by atoms with Gasteiger partial charge in [0.15, 0.2) is 9.84 Å². The summed E-state index contributed by atoms with van der Waals surface area (Å²) >= 11 is 0. The van der Waals surface area contributed by atoms with E-state index in [9.17, 15) is 13.5 Å². The largest absolute Gasteiger partial charge is 0.373 e. The van der Waals surface area contributed by atoms with Crippen molar-refractivity contribution in [1.82, 2.24) is 0 Å². The van der Waals surface area contributed by atoms with Crippen LogP contribution in [-0.4, -0.2) is 37.9 Å². The first-order valence-electron chi connectivity index (χ1n) is 3.72. The van der Waals surface area contributed by atoms with E-state index < -0.39 is 20.9 Å². The number of sulfone groups is 1. The Morgan fingerprint density at radius 2 is 2.08 bits per heavy atom. The van der Waals surface area contributed by atoms with Gasteiger partial charge in [0.25, 0.3) is 0 Å². The lowest BCUT2D eigenvalue weighted by atomic mass is 10.1. The van der Waals surface area contributed by atoms with Gasteiger partial charge >= 0.3 is 0 Å². The second-order valence-corrected chi connectivity index (χ2v) is 5.12. The summed E-state index contributed by atoms with van der Waals surface area (Å²) < 4.78 is 27.4. The Kier molecular flexibility index (Phi) is 2.61. The molecule has 74 valence electrons. The van der Waals surface area contributed by atoms with E-state index in [1.54, 1.807) is 6.08 Å². The molecule has 0 saturated carbocycles. The highest BCUT2D eigenvalue weighted by atomic mass is 32.2. The van der Waals surface area contributed by atoms with Gasteiger partial charge in [-0.2, -0.15) is 0 Å². The maximum absolute atomic E-state index is 11.3. The van der Waals surface area contributed by atoms with Gasteiger partial charge in [0.05, 0.1) is 0 Å². The Balaban J connectivity index is 3.15. The summed E-state index contributed by atoms with van der Waals surface area (Å²) in [7, 11) is -2.24. The van der Waals surface area contributed by atoms with Crippen LogP contribution in [0.4, 0.5) is 0 Å². The number of methoxy groups -OCH3 is 1. The Hall–Kier alpha value is -0.650. The molecule has 0 saturated heterocycles. The average molecular weight is 204 g/mol. The van der Waals surface area contributed by atoms with Crippen LogP contribution in [0.25, 0.3) is 0 Å². The molecule has 4 nitrogen and oxygen atoms in total. The summed E-state index contributed by atoms with van der Waals surface area (Å²) in [6.45, 7) is 0. The Morgan fingerprint density at radius 1 is 1.46 bits per heavy atom. The van der Waals surface area contributed by atoms with Gasteiger partial charge in [-0.25, -0.2) is 8.42 Å². The van der Waals surface area contributed by atoms with E-state index in [1.807, 2.05) is 0 Å². The molecule has 2 unspecified atom stereocenters. The molecule has 0 aromatic carbocycles. The fourth-order valence-electron chi connectivity index (χ4n) is 1.17. The first-order valence-corrected chi connectivity index (χ1v) is 5.62. The summed E-state index contributed by atoms with van der Waals surface area (Å²) in [5.41, 5.74) is 0. The highest BCUT2D eigenvalue weighted by Gasteiger charge is 2.44. The summed E-state index contributed by atoms with van der Waals surface area (Å²) in [5.74, 6) is 0. The van der Waals surface area contributed by atoms with Crippen LogP contribution >= 0.6 is 0 Å². The third-order valence-corrected chi connectivity index (χ3v) is 3.54. The highest BCUT2D eigenvalue weighted by molar-refractivity contribution is 7.92. The van der Waals surface area contributed by atoms with Crippen molar-refractivity contribution >= 4 is 9.84 Å². The van der Waals surface area contributed by atoms with Crippen molar-refractivity contribution in [3.8, 4) is 0 Å². The number of ether oxygens (including phenoxy) is 1. The number of allylic oxidation sites excluding steroid dienone is 2. The van der Waals surface area contributed by atoms with Crippen LogP contribution in [0.1, 0.15) is 0 Å². The van der Waals surface area contributed by atoms with Crippen LogP contribution in [0.15, 0.2) is 24.3 Å². The molecule has 0 radical (unpaired) electrons. The second kappa shape index (κ2) is 3.25. The van der Waals surface area contributed by atoms with Crippen LogP contribution in [0, 0.1) is 0 Å². The minimum absolute atomic E-state index is 0.840. The molecular formula is C8H12O4S. The SMILES string of the molecule is COC1C=CC=CC1(O)S(C)(=O)=O. The molecule has 0 aromatic rings. The van der Waals surface area contributed by atoms with E-state index in [4.69, 9.17) is 4.74 Å². The molecule has 5 heteroatoms. The lowest BCUT2D eigenvalue weighted by molar-refractivity contribution is 0.0148. The van der Waals surface area contributed by atoms with Crippen LogP contribution in [0.2, 0.25) is 0 Å². The minimum atomic E-state index is -3.59. The minimum Gasteiger partial charge on any atom is -0.373 e. The lowest BCUT2D eigenvalue weighted by Gasteiger charge is -2.30. The smallest absolute Gasteiger partial charge is 0.214 e. The van der Waals surface area contributed by atoms with Crippen molar-refractivity contribution in [3.05, 3.63) is 24.3 Å². The molecule has 1 aliphatic carbocycles. The molecule has 0 aliphatic heterocycles. The molecule has 1 rings (SSSR count). The first-order chi connectivity index (χ1) is 5.92. The standard InChI is InChI=1S/C8H12O4S/c1-12-7-5-3-4-6-8(7,9)13(2,10)11/h3-7,9H,1-2H3. The van der Waals surface area contributed by atoms with Crippen LogP contribution in [0.5, 0.6) is 0 Å². The molecule has 0 spiro atoms. The van der Waals surface area contributed by atoms with Crippen molar-refractivity contribution in [3.63, 3.8) is 0 Å². The fraction of sp³-hybridized carbons (Fsp3) is 0.500. The Morgan fingerprint density at radius 3 is 2.46 bits per heavy atom. The van der Waals surface area contributed by atoms with Crippen molar-refractivity contribution in [2.45, 2.75) is 11.0 Å². The monoisotopic (exact) mass is 204 g/mol. The fourth-order valence-corrected chi connectivity index (χ4v) is 2.10. The van der Waals surface area contributed by atoms with E-state index >= 15 is 0 Å². The molecule has 0 amide bonds. The number of rotatable bonds is 2. The maximum Gasteiger partial charge on any atom is 0.214 e. The lowest BCUT2D eigenvalue weighted by Crippen LogP contribution is -2.48. The zero-order chi connectivity index (χ0) is 10.1. The van der Waals surface area contributed by atoms with Crippen LogP contribution < -0.4 is 0 Å². The molecule has 0 heterocycles. The van der Waals surface area contributed by atoms with Crippen molar-refractivity contribution < 1.29 is 18.3 Å². The topological polar surface area (TPSA) is 63.6 Å². The normalized spacial score (nSPS) is 33.6. The molecule has 1 N–H and O–H groups in total. The molecule has 0 fully saturated rings. The number of aliphatic hydroxyl groups is 1. The van der Waals surface area contributed by atoms with Crippen molar-refractivity contribution in [1.29, 1.82) is 0 Å². The quantitative estimate of drug-likeness (QED) is 0.680. The molecular weight excluding hydrogens is 192 g/mol. The zero-order valence-corrected chi connectivity index (χ0v) is 8.28. The van der Waals surface area contributed by atoms with E-state index in [2.05, 4.69) is 0 Å². The summed E-state index contributed by atoms with van der Waals surface area (Å²) in [5, 5.41) is 9.82. The zero-order valence-electron chi connectivity index (χ0n) is 7.47. The van der Waals surface area contributed by atoms with E-state index in [0.717, 1.165) is 6.26 Å².